The third-order valence-electron chi connectivity index (χ3n) is 4.50. The van der Waals surface area contributed by atoms with Gasteiger partial charge < -0.3 is 14.6 Å². The normalized spacial score (nSPS) is 10.6. The predicted octanol–water partition coefficient (Wildman–Crippen LogP) is 4.07. The Labute approximate surface area is 170 Å². The van der Waals surface area contributed by atoms with E-state index in [9.17, 15) is 9.59 Å². The van der Waals surface area contributed by atoms with Crippen LogP contribution in [0.4, 0.5) is 5.69 Å². The lowest BCUT2D eigenvalue weighted by molar-refractivity contribution is -0.134. The number of benzene rings is 2. The second kappa shape index (κ2) is 9.68. The van der Waals surface area contributed by atoms with Gasteiger partial charge in [-0.1, -0.05) is 43.3 Å². The first-order valence-electron chi connectivity index (χ1n) is 9.70. The van der Waals surface area contributed by atoms with Crippen molar-refractivity contribution in [1.82, 2.24) is 9.88 Å². The molecule has 0 radical (unpaired) electrons. The van der Waals surface area contributed by atoms with E-state index in [0.29, 0.717) is 18.1 Å². The Morgan fingerprint density at radius 1 is 1.07 bits per heavy atom. The molecule has 1 aromatic heterocycles. The third kappa shape index (κ3) is 5.54. The van der Waals surface area contributed by atoms with Crippen LogP contribution in [0.25, 0.3) is 11.5 Å². The maximum atomic E-state index is 12.8. The van der Waals surface area contributed by atoms with Crippen molar-refractivity contribution in [3.8, 4) is 11.5 Å². The molecule has 6 heteroatoms. The molecule has 1 heterocycles. The van der Waals surface area contributed by atoms with Gasteiger partial charge in [-0.3, -0.25) is 9.59 Å². The number of para-hydroxylation sites is 1. The lowest BCUT2D eigenvalue weighted by Gasteiger charge is -2.21. The fourth-order valence-corrected chi connectivity index (χ4v) is 3.01. The molecule has 2 amide bonds. The van der Waals surface area contributed by atoms with Gasteiger partial charge in [-0.15, -0.1) is 0 Å². The Kier molecular flexibility index (Phi) is 6.79. The molecule has 3 aromatic rings. The second-order valence-electron chi connectivity index (χ2n) is 6.87. The number of hydrogen-bond acceptors (Lipinski definition) is 4. The molecule has 0 saturated heterocycles. The van der Waals surface area contributed by atoms with Gasteiger partial charge in [-0.25, -0.2) is 4.98 Å². The molecule has 0 spiro atoms. The molecule has 6 nitrogen and oxygen atoms in total. The highest BCUT2D eigenvalue weighted by atomic mass is 16.3. The van der Waals surface area contributed by atoms with Crippen LogP contribution in [0.1, 0.15) is 24.6 Å². The number of carbonyl (C=O) groups is 2. The summed E-state index contributed by atoms with van der Waals surface area (Å²) in [7, 11) is 0. The zero-order chi connectivity index (χ0) is 20.6. The van der Waals surface area contributed by atoms with Gasteiger partial charge in [-0.05, 0) is 37.1 Å². The average Bonchev–Trinajstić information content (AvgIpc) is 3.18. The van der Waals surface area contributed by atoms with Gasteiger partial charge in [0.2, 0.25) is 17.7 Å². The van der Waals surface area contributed by atoms with E-state index in [1.165, 1.54) is 6.26 Å². The first-order valence-corrected chi connectivity index (χ1v) is 9.70. The minimum atomic E-state index is -0.216. The smallest absolute Gasteiger partial charge is 0.244 e. The van der Waals surface area contributed by atoms with Gasteiger partial charge in [0.05, 0.1) is 18.7 Å². The number of nitrogens with one attached hydrogen (secondary N) is 1. The maximum Gasteiger partial charge on any atom is 0.244 e. The van der Waals surface area contributed by atoms with Crippen molar-refractivity contribution >= 4 is 17.5 Å². The Hall–Kier alpha value is -3.41. The Morgan fingerprint density at radius 3 is 2.52 bits per heavy atom. The van der Waals surface area contributed by atoms with Crippen molar-refractivity contribution in [2.24, 2.45) is 0 Å². The van der Waals surface area contributed by atoms with Crippen LogP contribution in [-0.2, 0) is 16.0 Å². The summed E-state index contributed by atoms with van der Waals surface area (Å²) in [6, 6.07) is 17.1. The topological polar surface area (TPSA) is 75.4 Å². The summed E-state index contributed by atoms with van der Waals surface area (Å²) < 4.78 is 5.50. The highest BCUT2D eigenvalue weighted by Crippen LogP contribution is 2.18. The summed E-state index contributed by atoms with van der Waals surface area (Å²) in [6.45, 7) is 4.41. The van der Waals surface area contributed by atoms with Crippen LogP contribution in [0.3, 0.4) is 0 Å². The molecule has 0 aliphatic rings. The number of carbonyl (C=O) groups excluding carboxylic acids is 2. The fourth-order valence-electron chi connectivity index (χ4n) is 3.01. The van der Waals surface area contributed by atoms with Gasteiger partial charge in [0.25, 0.3) is 0 Å². The highest BCUT2D eigenvalue weighted by Gasteiger charge is 2.19. The van der Waals surface area contributed by atoms with E-state index in [4.69, 9.17) is 4.42 Å². The van der Waals surface area contributed by atoms with Crippen LogP contribution < -0.4 is 5.32 Å². The second-order valence-corrected chi connectivity index (χ2v) is 6.87. The zero-order valence-corrected chi connectivity index (χ0v) is 16.7. The van der Waals surface area contributed by atoms with Crippen LogP contribution in [0.15, 0.2) is 65.3 Å². The Bertz CT molecular complexity index is 966. The summed E-state index contributed by atoms with van der Waals surface area (Å²) in [4.78, 5) is 31.2. The predicted molar refractivity (Wildman–Crippen MR) is 112 cm³/mol. The number of nitrogens with zero attached hydrogens (tertiary/aromatic N) is 2. The van der Waals surface area contributed by atoms with Gasteiger partial charge >= 0.3 is 0 Å². The van der Waals surface area contributed by atoms with Crippen molar-refractivity contribution in [3.05, 3.63) is 72.1 Å². The van der Waals surface area contributed by atoms with E-state index in [0.717, 1.165) is 23.2 Å². The lowest BCUT2D eigenvalue weighted by atomic mass is 10.2. The van der Waals surface area contributed by atoms with E-state index in [1.54, 1.807) is 4.90 Å². The molecule has 150 valence electrons. The van der Waals surface area contributed by atoms with Crippen LogP contribution in [0.2, 0.25) is 0 Å². The summed E-state index contributed by atoms with van der Waals surface area (Å²) >= 11 is 0. The molecule has 3 rings (SSSR count). The molecular weight excluding hydrogens is 366 g/mol. The molecule has 29 heavy (non-hydrogen) atoms. The molecule has 0 aliphatic heterocycles. The molecule has 0 saturated carbocycles. The van der Waals surface area contributed by atoms with E-state index in [1.807, 2.05) is 68.4 Å². The Balaban J connectivity index is 1.63. The monoisotopic (exact) mass is 391 g/mol. The van der Waals surface area contributed by atoms with E-state index < -0.39 is 0 Å². The van der Waals surface area contributed by atoms with Gasteiger partial charge in [-0.2, -0.15) is 0 Å². The first kappa shape index (κ1) is 20.3. The van der Waals surface area contributed by atoms with Gasteiger partial charge in [0, 0.05) is 17.8 Å². The van der Waals surface area contributed by atoms with Crippen molar-refractivity contribution in [3.63, 3.8) is 0 Å². The summed E-state index contributed by atoms with van der Waals surface area (Å²) in [5.41, 5.74) is 3.14. The summed E-state index contributed by atoms with van der Waals surface area (Å²) in [6.07, 6.45) is 2.35. The van der Waals surface area contributed by atoms with Crippen LogP contribution >= 0.6 is 0 Å². The number of hydrogen-bond donors (Lipinski definition) is 1. The van der Waals surface area contributed by atoms with Crippen molar-refractivity contribution in [2.75, 3.05) is 18.4 Å². The van der Waals surface area contributed by atoms with E-state index in [-0.39, 0.29) is 24.8 Å². The number of rotatable bonds is 8. The zero-order valence-electron chi connectivity index (χ0n) is 16.7. The van der Waals surface area contributed by atoms with Crippen LogP contribution in [0.5, 0.6) is 0 Å². The molecule has 0 fully saturated rings. The fraction of sp³-hybridized carbons (Fsp3) is 0.261. The lowest BCUT2D eigenvalue weighted by Crippen LogP contribution is -2.39. The Morgan fingerprint density at radius 2 is 1.79 bits per heavy atom. The van der Waals surface area contributed by atoms with E-state index >= 15 is 0 Å². The average molecular weight is 391 g/mol. The minimum absolute atomic E-state index is 0.00437. The standard InChI is InChI=1S/C23H25N3O3/c1-3-13-26(15-21(27)25-20-12-8-7-9-17(20)2)22(28)14-19-16-29-23(24-19)18-10-5-4-6-11-18/h4-12,16H,3,13-15H2,1-2H3,(H,25,27). The molecule has 2 aromatic carbocycles. The SMILES string of the molecule is CCCN(CC(=O)Nc1ccccc1C)C(=O)Cc1coc(-c2ccccc2)n1. The summed E-state index contributed by atoms with van der Waals surface area (Å²) in [5, 5.41) is 2.88. The highest BCUT2D eigenvalue weighted by molar-refractivity contribution is 5.95. The number of aromatic nitrogens is 1. The van der Waals surface area contributed by atoms with Gasteiger partial charge in [0.1, 0.15) is 6.26 Å². The van der Waals surface area contributed by atoms with Gasteiger partial charge in [0.15, 0.2) is 0 Å². The molecule has 0 bridgehead atoms. The van der Waals surface area contributed by atoms with Crippen LogP contribution in [-0.4, -0.2) is 34.8 Å². The minimum Gasteiger partial charge on any atom is -0.444 e. The maximum absolute atomic E-state index is 12.8. The largest absolute Gasteiger partial charge is 0.444 e. The quantitative estimate of drug-likeness (QED) is 0.628. The molecule has 1 N–H and O–H groups in total. The summed E-state index contributed by atoms with van der Waals surface area (Å²) in [5.74, 6) is 0.110. The molecule has 0 atom stereocenters. The third-order valence-corrected chi connectivity index (χ3v) is 4.50. The number of oxazole rings is 1. The van der Waals surface area contributed by atoms with Crippen molar-refractivity contribution in [1.29, 1.82) is 0 Å². The molecule has 0 unspecified atom stereocenters. The van der Waals surface area contributed by atoms with E-state index in [2.05, 4.69) is 10.3 Å². The molecule has 0 aliphatic carbocycles. The number of anilines is 1. The number of aryl methyl sites for hydroxylation is 1. The first-order chi connectivity index (χ1) is 14.1. The molecular formula is C23H25N3O3. The number of amides is 2. The van der Waals surface area contributed by atoms with Crippen LogP contribution in [0, 0.1) is 6.92 Å². The van der Waals surface area contributed by atoms with Crippen molar-refractivity contribution in [2.45, 2.75) is 26.7 Å². The van der Waals surface area contributed by atoms with Crippen molar-refractivity contribution < 1.29 is 14.0 Å².